The van der Waals surface area contributed by atoms with Gasteiger partial charge in [0.2, 0.25) is 5.91 Å². The second kappa shape index (κ2) is 8.43. The predicted molar refractivity (Wildman–Crippen MR) is 120 cm³/mol. The summed E-state index contributed by atoms with van der Waals surface area (Å²) in [5.74, 6) is -0.259. The minimum atomic E-state index is -4.07. The van der Waals surface area contributed by atoms with Crippen LogP contribution in [-0.4, -0.2) is 20.4 Å². The minimum absolute atomic E-state index is 0.0408. The molecule has 162 valence electrons. The molecule has 8 nitrogen and oxygen atoms in total. The first-order valence-corrected chi connectivity index (χ1v) is 11.5. The highest BCUT2D eigenvalue weighted by Crippen LogP contribution is 2.33. The molecule has 3 aromatic rings. The van der Waals surface area contributed by atoms with Gasteiger partial charge in [-0.2, -0.15) is 0 Å². The van der Waals surface area contributed by atoms with E-state index in [0.717, 1.165) is 25.7 Å². The number of carbonyl (C=O) groups is 1. The molecule has 1 aliphatic rings. The van der Waals surface area contributed by atoms with Gasteiger partial charge < -0.3 is 15.1 Å². The maximum Gasteiger partial charge on any atom is 0.363 e. The van der Waals surface area contributed by atoms with Crippen molar-refractivity contribution in [3.05, 3.63) is 59.0 Å². The Balaban J connectivity index is 1.73. The first kappa shape index (κ1) is 20.9. The number of amides is 1. The van der Waals surface area contributed by atoms with Crippen molar-refractivity contribution in [3.63, 3.8) is 0 Å². The molecule has 1 aliphatic carbocycles. The van der Waals surface area contributed by atoms with Gasteiger partial charge in [-0.1, -0.05) is 25.0 Å². The molecule has 3 N–H and O–H groups in total. The Morgan fingerprint density at radius 1 is 1.00 bits per heavy atom. The van der Waals surface area contributed by atoms with Crippen LogP contribution in [0.15, 0.2) is 62.6 Å². The van der Waals surface area contributed by atoms with E-state index in [1.165, 1.54) is 31.2 Å². The van der Waals surface area contributed by atoms with Crippen LogP contribution < -0.4 is 21.0 Å². The molecular formula is C22H23N3O5S. The van der Waals surface area contributed by atoms with Gasteiger partial charge in [-0.05, 0) is 49.2 Å². The SMILES string of the molecule is CC(=O)Nc1ccc(S(=O)(=O)Nc2c(NC3CCCC3)c3ccccc3oc2=O)cc1. The lowest BCUT2D eigenvalue weighted by molar-refractivity contribution is -0.114. The van der Waals surface area contributed by atoms with Crippen LogP contribution >= 0.6 is 0 Å². The van der Waals surface area contributed by atoms with E-state index in [0.29, 0.717) is 22.3 Å². The number of carbonyl (C=O) groups excluding carboxylic acids is 1. The van der Waals surface area contributed by atoms with Crippen molar-refractivity contribution in [2.24, 2.45) is 0 Å². The lowest BCUT2D eigenvalue weighted by Gasteiger charge is -2.19. The number of benzene rings is 2. The minimum Gasteiger partial charge on any atom is -0.421 e. The molecule has 1 aromatic heterocycles. The number of rotatable bonds is 6. The zero-order valence-electron chi connectivity index (χ0n) is 17.0. The number of hydrogen-bond acceptors (Lipinski definition) is 6. The van der Waals surface area contributed by atoms with Crippen LogP contribution in [0.25, 0.3) is 11.0 Å². The van der Waals surface area contributed by atoms with Gasteiger partial charge in [-0.25, -0.2) is 13.2 Å². The third-order valence-corrected chi connectivity index (χ3v) is 6.60. The summed E-state index contributed by atoms with van der Waals surface area (Å²) in [6.45, 7) is 1.37. The first-order valence-electron chi connectivity index (χ1n) is 10.1. The Kier molecular flexibility index (Phi) is 5.69. The van der Waals surface area contributed by atoms with Gasteiger partial charge >= 0.3 is 5.63 Å². The Labute approximate surface area is 179 Å². The second-order valence-corrected chi connectivity index (χ2v) is 9.25. The molecule has 31 heavy (non-hydrogen) atoms. The monoisotopic (exact) mass is 441 g/mol. The van der Waals surface area contributed by atoms with Crippen LogP contribution in [0.4, 0.5) is 17.1 Å². The third-order valence-electron chi connectivity index (χ3n) is 5.24. The average Bonchev–Trinajstić information content (AvgIpc) is 3.24. The van der Waals surface area contributed by atoms with Crippen LogP contribution in [-0.2, 0) is 14.8 Å². The lowest BCUT2D eigenvalue weighted by atomic mass is 10.1. The summed E-state index contributed by atoms with van der Waals surface area (Å²) in [6.07, 6.45) is 4.06. The maximum absolute atomic E-state index is 13.0. The maximum atomic E-state index is 13.0. The van der Waals surface area contributed by atoms with Crippen LogP contribution in [0.5, 0.6) is 0 Å². The largest absolute Gasteiger partial charge is 0.421 e. The summed E-state index contributed by atoms with van der Waals surface area (Å²) in [7, 11) is -4.07. The van der Waals surface area contributed by atoms with Crippen LogP contribution in [0.1, 0.15) is 32.6 Å². The fraction of sp³-hybridized carbons (Fsp3) is 0.273. The molecule has 9 heteroatoms. The number of nitrogens with one attached hydrogen (secondary N) is 3. The summed E-state index contributed by atoms with van der Waals surface area (Å²) in [5, 5.41) is 6.58. The zero-order chi connectivity index (χ0) is 22.0. The fourth-order valence-electron chi connectivity index (χ4n) is 3.78. The van der Waals surface area contributed by atoms with Gasteiger partial charge in [0.15, 0.2) is 5.69 Å². The molecule has 1 fully saturated rings. The number of sulfonamides is 1. The fourth-order valence-corrected chi connectivity index (χ4v) is 4.85. The molecule has 1 saturated carbocycles. The summed E-state index contributed by atoms with van der Waals surface area (Å²) in [6, 6.07) is 12.9. The van der Waals surface area contributed by atoms with Crippen molar-refractivity contribution in [2.75, 3.05) is 15.4 Å². The van der Waals surface area contributed by atoms with Crippen molar-refractivity contribution >= 4 is 44.0 Å². The third kappa shape index (κ3) is 4.56. The molecule has 0 bridgehead atoms. The Bertz CT molecular complexity index is 1280. The summed E-state index contributed by atoms with van der Waals surface area (Å²) < 4.78 is 33.8. The van der Waals surface area contributed by atoms with Crippen molar-refractivity contribution < 1.29 is 17.6 Å². The topological polar surface area (TPSA) is 118 Å². The summed E-state index contributed by atoms with van der Waals surface area (Å²) in [5.41, 5.74) is 0.377. The smallest absolute Gasteiger partial charge is 0.363 e. The average molecular weight is 442 g/mol. The van der Waals surface area contributed by atoms with E-state index in [2.05, 4.69) is 15.4 Å². The van der Waals surface area contributed by atoms with Crippen molar-refractivity contribution in [2.45, 2.75) is 43.5 Å². The molecule has 0 saturated heterocycles. The first-order chi connectivity index (χ1) is 14.8. The highest BCUT2D eigenvalue weighted by Gasteiger charge is 2.24. The van der Waals surface area contributed by atoms with Gasteiger partial charge in [0.1, 0.15) is 5.58 Å². The Hall–Kier alpha value is -3.33. The van der Waals surface area contributed by atoms with E-state index in [1.807, 2.05) is 0 Å². The molecule has 4 rings (SSSR count). The van der Waals surface area contributed by atoms with Crippen LogP contribution in [0.3, 0.4) is 0 Å². The lowest BCUT2D eigenvalue weighted by Crippen LogP contribution is -2.23. The van der Waals surface area contributed by atoms with Gasteiger partial charge in [-0.3, -0.25) is 9.52 Å². The summed E-state index contributed by atoms with van der Waals surface area (Å²) in [4.78, 5) is 23.9. The van der Waals surface area contributed by atoms with E-state index >= 15 is 0 Å². The van der Waals surface area contributed by atoms with E-state index in [4.69, 9.17) is 4.42 Å². The number of fused-ring (bicyclic) bond motifs is 1. The van der Waals surface area contributed by atoms with E-state index in [-0.39, 0.29) is 22.5 Å². The number of anilines is 3. The zero-order valence-corrected chi connectivity index (χ0v) is 17.8. The molecule has 0 radical (unpaired) electrons. The molecule has 1 amide bonds. The van der Waals surface area contributed by atoms with Crippen molar-refractivity contribution in [3.8, 4) is 0 Å². The Morgan fingerprint density at radius 2 is 1.68 bits per heavy atom. The molecule has 0 aliphatic heterocycles. The molecule has 0 unspecified atom stereocenters. The van der Waals surface area contributed by atoms with Gasteiger partial charge in [-0.15, -0.1) is 0 Å². The quantitative estimate of drug-likeness (QED) is 0.499. The molecular weight excluding hydrogens is 418 g/mol. The molecule has 2 aromatic carbocycles. The standard InChI is InChI=1S/C22H23N3O5S/c1-14(26)23-16-10-12-17(13-11-16)31(28,29)25-21-20(24-15-6-2-3-7-15)18-8-4-5-9-19(18)30-22(21)27/h4-5,8-13,15,24-25H,2-3,6-7H2,1H3,(H,23,26). The number of para-hydroxylation sites is 1. The van der Waals surface area contributed by atoms with Gasteiger partial charge in [0.05, 0.1) is 10.6 Å². The van der Waals surface area contributed by atoms with E-state index < -0.39 is 15.6 Å². The van der Waals surface area contributed by atoms with Crippen molar-refractivity contribution in [1.82, 2.24) is 0 Å². The Morgan fingerprint density at radius 3 is 2.35 bits per heavy atom. The van der Waals surface area contributed by atoms with E-state index in [9.17, 15) is 18.0 Å². The van der Waals surface area contributed by atoms with Crippen molar-refractivity contribution in [1.29, 1.82) is 0 Å². The van der Waals surface area contributed by atoms with E-state index in [1.54, 1.807) is 24.3 Å². The predicted octanol–water partition coefficient (Wildman–Crippen LogP) is 3.91. The molecule has 0 atom stereocenters. The number of hydrogen-bond donors (Lipinski definition) is 3. The van der Waals surface area contributed by atoms with Gasteiger partial charge in [0.25, 0.3) is 10.0 Å². The van der Waals surface area contributed by atoms with Crippen LogP contribution in [0, 0.1) is 0 Å². The normalized spacial score (nSPS) is 14.5. The highest BCUT2D eigenvalue weighted by atomic mass is 32.2. The highest BCUT2D eigenvalue weighted by molar-refractivity contribution is 7.92. The van der Waals surface area contributed by atoms with Gasteiger partial charge in [0, 0.05) is 24.0 Å². The molecule has 0 spiro atoms. The summed E-state index contributed by atoms with van der Waals surface area (Å²) >= 11 is 0. The molecule has 1 heterocycles. The van der Waals surface area contributed by atoms with Crippen LogP contribution in [0.2, 0.25) is 0 Å². The second-order valence-electron chi connectivity index (χ2n) is 7.57.